The maximum absolute atomic E-state index is 13.3. The third-order valence-corrected chi connectivity index (χ3v) is 6.21. The molecule has 0 spiro atoms. The number of aliphatic hydroxyl groups excluding tert-OH is 1. The number of aromatic amines is 1. The van der Waals surface area contributed by atoms with E-state index in [1.807, 2.05) is 35.2 Å². The molecule has 1 amide bonds. The standard InChI is InChI=1S/C22H22N4O3/c27-13-20-17-8-16(19-5-2-6-21(28)26(19)20)11-25(12-17)22(29)15-4-1-3-14(7-15)18-9-23-24-10-18/h1-7,9-10,16-17,20,27H,8,11-13H2,(H,23,24)/t16-,17+,20+/m1/s1. The Hall–Kier alpha value is -3.19. The molecule has 0 radical (unpaired) electrons. The van der Waals surface area contributed by atoms with Crippen LogP contribution in [-0.2, 0) is 0 Å². The fraction of sp³-hybridized carbons (Fsp3) is 0.318. The van der Waals surface area contributed by atoms with E-state index in [-0.39, 0.29) is 36.0 Å². The largest absolute Gasteiger partial charge is 0.394 e. The summed E-state index contributed by atoms with van der Waals surface area (Å²) >= 11 is 0. The first-order valence-electron chi connectivity index (χ1n) is 9.86. The predicted octanol–water partition coefficient (Wildman–Crippen LogP) is 2.03. The van der Waals surface area contributed by atoms with Gasteiger partial charge in [-0.2, -0.15) is 5.10 Å². The maximum atomic E-state index is 13.3. The van der Waals surface area contributed by atoms with Gasteiger partial charge in [0.15, 0.2) is 0 Å². The number of benzene rings is 1. The number of piperidine rings is 1. The van der Waals surface area contributed by atoms with Crippen LogP contribution < -0.4 is 5.56 Å². The Bertz CT molecular complexity index is 1110. The van der Waals surface area contributed by atoms with Crippen molar-refractivity contribution in [3.05, 3.63) is 76.5 Å². The molecule has 7 heteroatoms. The van der Waals surface area contributed by atoms with Gasteiger partial charge in [-0.25, -0.2) is 0 Å². The van der Waals surface area contributed by atoms with E-state index in [2.05, 4.69) is 10.2 Å². The lowest BCUT2D eigenvalue weighted by Crippen LogP contribution is -2.51. The van der Waals surface area contributed by atoms with Crippen molar-refractivity contribution in [2.45, 2.75) is 18.4 Å². The van der Waals surface area contributed by atoms with Crippen LogP contribution in [0.25, 0.3) is 11.1 Å². The first-order valence-corrected chi connectivity index (χ1v) is 9.86. The zero-order valence-corrected chi connectivity index (χ0v) is 15.9. The number of aliphatic hydroxyl groups is 1. The van der Waals surface area contributed by atoms with Gasteiger partial charge in [0.05, 0.1) is 18.8 Å². The molecule has 2 N–H and O–H groups in total. The van der Waals surface area contributed by atoms with Gasteiger partial charge >= 0.3 is 0 Å². The summed E-state index contributed by atoms with van der Waals surface area (Å²) in [7, 11) is 0. The number of pyridine rings is 1. The number of nitrogens with one attached hydrogen (secondary N) is 1. The number of rotatable bonds is 3. The third-order valence-electron chi connectivity index (χ3n) is 6.21. The van der Waals surface area contributed by atoms with Gasteiger partial charge in [0.25, 0.3) is 11.5 Å². The molecule has 0 unspecified atom stereocenters. The van der Waals surface area contributed by atoms with E-state index in [0.29, 0.717) is 18.7 Å². The maximum Gasteiger partial charge on any atom is 0.253 e. The Balaban J connectivity index is 1.46. The van der Waals surface area contributed by atoms with Crippen molar-refractivity contribution >= 4 is 5.91 Å². The second-order valence-electron chi connectivity index (χ2n) is 7.88. The van der Waals surface area contributed by atoms with Crippen LogP contribution in [-0.4, -0.2) is 50.4 Å². The SMILES string of the molecule is O=C(c1cccc(-c2cn[nH]c2)c1)N1C[C@H]2C[C@@H](C1)[C@H](CO)n1c2cccc1=O. The summed E-state index contributed by atoms with van der Waals surface area (Å²) in [5, 5.41) is 16.8. The zero-order chi connectivity index (χ0) is 20.0. The van der Waals surface area contributed by atoms with Gasteiger partial charge in [0, 0.05) is 54.0 Å². The van der Waals surface area contributed by atoms with Crippen molar-refractivity contribution in [2.75, 3.05) is 19.7 Å². The molecule has 2 aliphatic heterocycles. The van der Waals surface area contributed by atoms with Gasteiger partial charge in [-0.3, -0.25) is 14.7 Å². The molecule has 4 heterocycles. The Labute approximate surface area is 167 Å². The van der Waals surface area contributed by atoms with E-state index in [1.54, 1.807) is 23.0 Å². The molecule has 0 aliphatic carbocycles. The topological polar surface area (TPSA) is 91.2 Å². The number of H-pyrrole nitrogens is 1. The summed E-state index contributed by atoms with van der Waals surface area (Å²) in [5.41, 5.74) is 3.34. The van der Waals surface area contributed by atoms with Gasteiger partial charge in [-0.15, -0.1) is 0 Å². The van der Waals surface area contributed by atoms with Gasteiger partial charge in [-0.05, 0) is 30.2 Å². The Morgan fingerprint density at radius 3 is 2.83 bits per heavy atom. The van der Waals surface area contributed by atoms with Crippen LogP contribution in [0.2, 0.25) is 0 Å². The zero-order valence-electron chi connectivity index (χ0n) is 15.9. The average molecular weight is 390 g/mol. The van der Waals surface area contributed by atoms with E-state index in [4.69, 9.17) is 0 Å². The van der Waals surface area contributed by atoms with Crippen LogP contribution in [0.3, 0.4) is 0 Å². The summed E-state index contributed by atoms with van der Waals surface area (Å²) in [6, 6.07) is 12.5. The van der Waals surface area contributed by atoms with Crippen LogP contribution in [0, 0.1) is 5.92 Å². The Morgan fingerprint density at radius 2 is 2.03 bits per heavy atom. The molecule has 29 heavy (non-hydrogen) atoms. The first kappa shape index (κ1) is 17.9. The van der Waals surface area contributed by atoms with Crippen molar-refractivity contribution in [2.24, 2.45) is 5.92 Å². The summed E-state index contributed by atoms with van der Waals surface area (Å²) in [4.78, 5) is 27.6. The van der Waals surface area contributed by atoms with Crippen molar-refractivity contribution < 1.29 is 9.90 Å². The molecule has 7 nitrogen and oxygen atoms in total. The lowest BCUT2D eigenvalue weighted by Gasteiger charge is -2.46. The number of nitrogens with zero attached hydrogens (tertiary/aromatic N) is 3. The molecule has 1 aromatic carbocycles. The lowest BCUT2D eigenvalue weighted by atomic mass is 9.78. The van der Waals surface area contributed by atoms with Gasteiger partial charge in [-0.1, -0.05) is 18.2 Å². The Morgan fingerprint density at radius 1 is 1.17 bits per heavy atom. The number of fused-ring (bicyclic) bond motifs is 4. The van der Waals surface area contributed by atoms with Crippen LogP contribution in [0.5, 0.6) is 0 Å². The molecule has 2 bridgehead atoms. The molecular weight excluding hydrogens is 368 g/mol. The Kier molecular flexibility index (Phi) is 4.32. The van der Waals surface area contributed by atoms with E-state index < -0.39 is 0 Å². The van der Waals surface area contributed by atoms with Crippen LogP contribution in [0.1, 0.15) is 34.4 Å². The highest BCUT2D eigenvalue weighted by atomic mass is 16.3. The second kappa shape index (κ2) is 7.00. The van der Waals surface area contributed by atoms with E-state index in [1.165, 1.54) is 6.07 Å². The number of likely N-dealkylation sites (tertiary alicyclic amines) is 1. The minimum atomic E-state index is -0.289. The van der Waals surface area contributed by atoms with Crippen LogP contribution >= 0.6 is 0 Å². The highest BCUT2D eigenvalue weighted by molar-refractivity contribution is 5.95. The summed E-state index contributed by atoms with van der Waals surface area (Å²) < 4.78 is 1.74. The first-order chi connectivity index (χ1) is 14.2. The number of hydrogen-bond donors (Lipinski definition) is 2. The fourth-order valence-corrected chi connectivity index (χ4v) is 4.87. The van der Waals surface area contributed by atoms with Crippen LogP contribution in [0.4, 0.5) is 0 Å². The fourth-order valence-electron chi connectivity index (χ4n) is 4.87. The highest BCUT2D eigenvalue weighted by Crippen LogP contribution is 2.41. The summed E-state index contributed by atoms with van der Waals surface area (Å²) in [6.07, 6.45) is 4.41. The minimum Gasteiger partial charge on any atom is -0.394 e. The normalized spacial score (nSPS) is 22.9. The van der Waals surface area contributed by atoms with E-state index in [9.17, 15) is 14.7 Å². The quantitative estimate of drug-likeness (QED) is 0.716. The van der Waals surface area contributed by atoms with Crippen molar-refractivity contribution in [3.8, 4) is 11.1 Å². The van der Waals surface area contributed by atoms with Crippen molar-refractivity contribution in [1.29, 1.82) is 0 Å². The summed E-state index contributed by atoms with van der Waals surface area (Å²) in [6.45, 7) is 1.01. The van der Waals surface area contributed by atoms with E-state index in [0.717, 1.165) is 23.2 Å². The number of hydrogen-bond acceptors (Lipinski definition) is 4. The second-order valence-corrected chi connectivity index (χ2v) is 7.88. The molecule has 3 atom stereocenters. The molecule has 2 aliphatic rings. The van der Waals surface area contributed by atoms with Crippen LogP contribution in [0.15, 0.2) is 59.7 Å². The number of carbonyl (C=O) groups is 1. The molecular formula is C22H22N4O3. The number of amides is 1. The molecule has 2 aromatic heterocycles. The van der Waals surface area contributed by atoms with Gasteiger partial charge in [0.1, 0.15) is 0 Å². The molecule has 0 saturated carbocycles. The average Bonchev–Trinajstić information content (AvgIpc) is 3.29. The molecule has 1 fully saturated rings. The monoisotopic (exact) mass is 390 g/mol. The lowest BCUT2D eigenvalue weighted by molar-refractivity contribution is 0.0437. The van der Waals surface area contributed by atoms with Gasteiger partial charge in [0.2, 0.25) is 0 Å². The number of carbonyl (C=O) groups excluding carboxylic acids is 1. The third kappa shape index (κ3) is 2.98. The molecule has 148 valence electrons. The van der Waals surface area contributed by atoms with Crippen molar-refractivity contribution in [1.82, 2.24) is 19.7 Å². The molecule has 3 aromatic rings. The van der Waals surface area contributed by atoms with Crippen molar-refractivity contribution in [3.63, 3.8) is 0 Å². The number of aromatic nitrogens is 3. The predicted molar refractivity (Wildman–Crippen MR) is 108 cm³/mol. The summed E-state index contributed by atoms with van der Waals surface area (Å²) in [5.74, 6) is 0.146. The minimum absolute atomic E-state index is 0.0199. The molecule has 5 rings (SSSR count). The smallest absolute Gasteiger partial charge is 0.253 e. The highest BCUT2D eigenvalue weighted by Gasteiger charge is 2.41. The van der Waals surface area contributed by atoms with E-state index >= 15 is 0 Å². The molecule has 1 saturated heterocycles. The van der Waals surface area contributed by atoms with Gasteiger partial charge < -0.3 is 14.6 Å².